The fraction of sp³-hybridized carbons (Fsp3) is 0.538. The lowest BCUT2D eigenvalue weighted by Crippen LogP contribution is -2.25. The Morgan fingerprint density at radius 3 is 1.86 bits per heavy atom. The summed E-state index contributed by atoms with van der Waals surface area (Å²) in [6.45, 7) is 9.58. The van der Waals surface area contributed by atoms with E-state index in [-0.39, 0.29) is 30.6 Å². The fourth-order valence-electron chi connectivity index (χ4n) is 1.18. The summed E-state index contributed by atoms with van der Waals surface area (Å²) in [5.74, 6) is -1.41. The lowest BCUT2D eigenvalue weighted by molar-refractivity contribution is -0.183. The molecule has 0 atom stereocenters. The van der Waals surface area contributed by atoms with Crippen molar-refractivity contribution in [2.75, 3.05) is 6.61 Å². The van der Waals surface area contributed by atoms with Crippen LogP contribution in [0, 0.1) is 0 Å². The number of phosphoric acid groups is 1. The first-order chi connectivity index (χ1) is 10.0. The molecule has 9 heteroatoms. The maximum atomic E-state index is 11.5. The first kappa shape index (κ1) is 20.5. The zero-order valence-electron chi connectivity index (χ0n) is 12.6. The van der Waals surface area contributed by atoms with Crippen molar-refractivity contribution >= 4 is 19.8 Å². The van der Waals surface area contributed by atoms with E-state index in [0.29, 0.717) is 6.42 Å². The van der Waals surface area contributed by atoms with Crippen LogP contribution in [-0.4, -0.2) is 34.6 Å². The second kappa shape index (κ2) is 9.53. The fourth-order valence-corrected chi connectivity index (χ4v) is 1.55. The van der Waals surface area contributed by atoms with Crippen molar-refractivity contribution in [2.45, 2.75) is 39.4 Å². The Morgan fingerprint density at radius 1 is 1.05 bits per heavy atom. The van der Waals surface area contributed by atoms with Crippen molar-refractivity contribution < 1.29 is 37.9 Å². The van der Waals surface area contributed by atoms with Crippen LogP contribution in [0.2, 0.25) is 0 Å². The van der Waals surface area contributed by atoms with E-state index in [1.807, 2.05) is 0 Å². The minimum Gasteiger partial charge on any atom is -0.422 e. The Balaban J connectivity index is 4.37. The summed E-state index contributed by atoms with van der Waals surface area (Å²) in [6.07, 6.45) is -0.319. The van der Waals surface area contributed by atoms with Gasteiger partial charge in [-0.3, -0.25) is 4.52 Å². The molecule has 0 aliphatic carbocycles. The molecule has 8 nitrogen and oxygen atoms in total. The first-order valence-electron chi connectivity index (χ1n) is 6.46. The molecule has 0 aromatic carbocycles. The number of carbonyl (C=O) groups excluding carboxylic acids is 2. The Labute approximate surface area is 129 Å². The van der Waals surface area contributed by atoms with Crippen molar-refractivity contribution in [3.05, 3.63) is 24.3 Å². The molecule has 0 bridgehead atoms. The first-order valence-corrected chi connectivity index (χ1v) is 7.99. The third-order valence-corrected chi connectivity index (χ3v) is 2.79. The normalized spacial score (nSPS) is 11.1. The number of ether oxygens (including phenoxy) is 2. The molecular formula is C13H21O8P. The van der Waals surface area contributed by atoms with Gasteiger partial charge in [0, 0.05) is 17.6 Å². The summed E-state index contributed by atoms with van der Waals surface area (Å²) in [4.78, 5) is 40.0. The van der Waals surface area contributed by atoms with Crippen LogP contribution >= 0.6 is 7.82 Å². The highest BCUT2D eigenvalue weighted by Gasteiger charge is 2.20. The van der Waals surface area contributed by atoms with Gasteiger partial charge >= 0.3 is 19.8 Å². The van der Waals surface area contributed by atoms with E-state index in [2.05, 4.69) is 17.7 Å². The summed E-state index contributed by atoms with van der Waals surface area (Å²) in [7, 11) is -4.49. The molecule has 0 rings (SSSR count). The van der Waals surface area contributed by atoms with Crippen LogP contribution in [0.15, 0.2) is 24.3 Å². The molecule has 0 saturated carbocycles. The van der Waals surface area contributed by atoms with E-state index in [1.54, 1.807) is 0 Å². The maximum absolute atomic E-state index is 11.5. The van der Waals surface area contributed by atoms with Gasteiger partial charge in [0.15, 0.2) is 0 Å². The number of carbonyl (C=O) groups is 2. The van der Waals surface area contributed by atoms with E-state index >= 15 is 0 Å². The van der Waals surface area contributed by atoms with Crippen LogP contribution in [-0.2, 0) is 28.2 Å². The highest BCUT2D eigenvalue weighted by atomic mass is 31.2. The molecule has 0 unspecified atom stereocenters. The largest absolute Gasteiger partial charge is 0.469 e. The van der Waals surface area contributed by atoms with Gasteiger partial charge in [-0.15, -0.1) is 0 Å². The number of unbranched alkanes of at least 4 members (excludes halogenated alkanes) is 1. The molecule has 126 valence electrons. The topological polar surface area (TPSA) is 119 Å². The maximum Gasteiger partial charge on any atom is 0.469 e. The van der Waals surface area contributed by atoms with Crippen molar-refractivity contribution in [3.8, 4) is 0 Å². The number of hydrogen-bond acceptors (Lipinski definition) is 6. The van der Waals surface area contributed by atoms with E-state index in [9.17, 15) is 14.2 Å². The van der Waals surface area contributed by atoms with Crippen LogP contribution in [0.5, 0.6) is 0 Å². The second-order valence-corrected chi connectivity index (χ2v) is 5.86. The number of esters is 2. The molecule has 0 saturated heterocycles. The standard InChI is InChI=1S/C13H21O8P/c1-9(2)12(14)20-11(21-13(15)10(3)4)7-5-6-8-19-22(16,17)18/h11H,1,3,5-8H2,2,4H3,(H2,16,17,18). The second-order valence-electron chi connectivity index (χ2n) is 4.62. The highest BCUT2D eigenvalue weighted by molar-refractivity contribution is 7.46. The minimum atomic E-state index is -4.49. The monoisotopic (exact) mass is 336 g/mol. The van der Waals surface area contributed by atoms with Crippen LogP contribution < -0.4 is 0 Å². The summed E-state index contributed by atoms with van der Waals surface area (Å²) in [6, 6.07) is 0. The Kier molecular flexibility index (Phi) is 8.89. The van der Waals surface area contributed by atoms with E-state index in [1.165, 1.54) is 13.8 Å². The summed E-state index contributed by atoms with van der Waals surface area (Å²) < 4.78 is 24.7. The number of rotatable bonds is 10. The summed E-state index contributed by atoms with van der Waals surface area (Å²) in [5, 5.41) is 0. The van der Waals surface area contributed by atoms with Gasteiger partial charge in [0.1, 0.15) is 0 Å². The predicted octanol–water partition coefficient (Wildman–Crippen LogP) is 1.83. The van der Waals surface area contributed by atoms with Gasteiger partial charge in [-0.2, -0.15) is 0 Å². The average Bonchev–Trinajstić information content (AvgIpc) is 2.36. The van der Waals surface area contributed by atoms with Crippen LogP contribution in [0.25, 0.3) is 0 Å². The van der Waals surface area contributed by atoms with E-state index in [0.717, 1.165) is 0 Å². The molecular weight excluding hydrogens is 315 g/mol. The van der Waals surface area contributed by atoms with Gasteiger partial charge in [0.05, 0.1) is 6.61 Å². The van der Waals surface area contributed by atoms with Crippen LogP contribution in [0.1, 0.15) is 33.1 Å². The van der Waals surface area contributed by atoms with Crippen LogP contribution in [0.4, 0.5) is 0 Å². The zero-order valence-corrected chi connectivity index (χ0v) is 13.5. The summed E-state index contributed by atoms with van der Waals surface area (Å²) in [5.41, 5.74) is 0.308. The molecule has 0 radical (unpaired) electrons. The molecule has 0 aromatic rings. The quantitative estimate of drug-likeness (QED) is 0.204. The molecule has 0 heterocycles. The van der Waals surface area contributed by atoms with Gasteiger partial charge in [-0.05, 0) is 26.7 Å². The minimum absolute atomic E-state index is 0.154. The van der Waals surface area contributed by atoms with Gasteiger partial charge < -0.3 is 19.3 Å². The number of phosphoric ester groups is 1. The highest BCUT2D eigenvalue weighted by Crippen LogP contribution is 2.35. The third kappa shape index (κ3) is 10.3. The molecule has 0 aromatic heterocycles. The third-order valence-electron chi connectivity index (χ3n) is 2.27. The van der Waals surface area contributed by atoms with Gasteiger partial charge in [-0.1, -0.05) is 13.2 Å². The van der Waals surface area contributed by atoms with Crippen molar-refractivity contribution in [3.63, 3.8) is 0 Å². The van der Waals surface area contributed by atoms with Gasteiger partial charge in [0.25, 0.3) is 0 Å². The molecule has 2 N–H and O–H groups in total. The molecule has 0 amide bonds. The average molecular weight is 336 g/mol. The van der Waals surface area contributed by atoms with Crippen molar-refractivity contribution in [2.24, 2.45) is 0 Å². The number of hydrogen-bond donors (Lipinski definition) is 2. The molecule has 0 spiro atoms. The SMILES string of the molecule is C=C(C)C(=O)OC(CCCCOP(=O)(O)O)OC(=O)C(=C)C. The molecule has 0 fully saturated rings. The van der Waals surface area contributed by atoms with Gasteiger partial charge in [-0.25, -0.2) is 14.2 Å². The Hall–Kier alpha value is -1.47. The smallest absolute Gasteiger partial charge is 0.422 e. The zero-order chi connectivity index (χ0) is 17.3. The molecule has 22 heavy (non-hydrogen) atoms. The van der Waals surface area contributed by atoms with E-state index in [4.69, 9.17) is 19.3 Å². The van der Waals surface area contributed by atoms with E-state index < -0.39 is 26.1 Å². The van der Waals surface area contributed by atoms with Gasteiger partial charge in [0.2, 0.25) is 6.29 Å². The summed E-state index contributed by atoms with van der Waals surface area (Å²) >= 11 is 0. The Morgan fingerprint density at radius 2 is 1.50 bits per heavy atom. The molecule has 0 aliphatic heterocycles. The Bertz CT molecular complexity index is 450. The molecule has 0 aliphatic rings. The predicted molar refractivity (Wildman–Crippen MR) is 77.4 cm³/mol. The lowest BCUT2D eigenvalue weighted by Gasteiger charge is -2.18. The lowest BCUT2D eigenvalue weighted by atomic mass is 10.2. The van der Waals surface area contributed by atoms with Crippen LogP contribution in [0.3, 0.4) is 0 Å². The van der Waals surface area contributed by atoms with Crippen molar-refractivity contribution in [1.82, 2.24) is 0 Å². The van der Waals surface area contributed by atoms with Crippen molar-refractivity contribution in [1.29, 1.82) is 0 Å².